The second-order valence-electron chi connectivity index (χ2n) is 7.96. The number of hydrogen-bond donors (Lipinski definition) is 2. The van der Waals surface area contributed by atoms with E-state index in [1.807, 2.05) is 28.5 Å². The van der Waals surface area contributed by atoms with Crippen LogP contribution in [0.5, 0.6) is 0 Å². The lowest BCUT2D eigenvalue weighted by atomic mass is 9.96. The van der Waals surface area contributed by atoms with E-state index in [0.717, 1.165) is 25.9 Å². The van der Waals surface area contributed by atoms with Gasteiger partial charge in [0.2, 0.25) is 5.91 Å². The predicted octanol–water partition coefficient (Wildman–Crippen LogP) is 3.49. The number of nitrogens with zero attached hydrogens (tertiary/aromatic N) is 3. The van der Waals surface area contributed by atoms with E-state index in [9.17, 15) is 9.59 Å². The molecule has 8 heteroatoms. The molecule has 0 spiro atoms. The van der Waals surface area contributed by atoms with E-state index in [1.165, 1.54) is 36.3 Å². The molecule has 2 fully saturated rings. The Hall–Kier alpha value is -2.61. The van der Waals surface area contributed by atoms with Crippen LogP contribution in [0.15, 0.2) is 35.7 Å². The lowest BCUT2D eigenvalue weighted by molar-refractivity contribution is -0.130. The van der Waals surface area contributed by atoms with Crippen LogP contribution in [-0.4, -0.2) is 54.0 Å². The van der Waals surface area contributed by atoms with Crippen molar-refractivity contribution in [1.29, 1.82) is 0 Å². The third-order valence-electron chi connectivity index (χ3n) is 5.80. The first-order valence-corrected chi connectivity index (χ1v) is 11.6. The summed E-state index contributed by atoms with van der Waals surface area (Å²) < 4.78 is 0. The molecule has 3 amide bonds. The van der Waals surface area contributed by atoms with Crippen molar-refractivity contribution in [3.63, 3.8) is 0 Å². The summed E-state index contributed by atoms with van der Waals surface area (Å²) in [5.41, 5.74) is 1.91. The second-order valence-corrected chi connectivity index (χ2v) is 8.82. The fraction of sp³-hybridized carbons (Fsp3) is 0.500. The number of urea groups is 1. The Balaban J connectivity index is 1.22. The predicted molar refractivity (Wildman–Crippen MR) is 120 cm³/mol. The third kappa shape index (κ3) is 5.50. The number of para-hydroxylation sites is 1. The molecule has 0 atom stereocenters. The zero-order valence-corrected chi connectivity index (χ0v) is 18.0. The summed E-state index contributed by atoms with van der Waals surface area (Å²) in [6, 6.07) is 10.4. The number of amides is 3. The van der Waals surface area contributed by atoms with Crippen molar-refractivity contribution >= 4 is 34.1 Å². The van der Waals surface area contributed by atoms with E-state index >= 15 is 0 Å². The molecule has 1 aromatic heterocycles. The number of rotatable bonds is 5. The first kappa shape index (κ1) is 20.7. The molecule has 7 nitrogen and oxygen atoms in total. The summed E-state index contributed by atoms with van der Waals surface area (Å²) >= 11 is 1.36. The minimum absolute atomic E-state index is 0.0891. The topological polar surface area (TPSA) is 77.6 Å². The minimum atomic E-state index is -0.203. The zero-order chi connectivity index (χ0) is 20.8. The van der Waals surface area contributed by atoms with Crippen LogP contribution in [0.3, 0.4) is 0 Å². The highest BCUT2D eigenvalue weighted by atomic mass is 32.1. The number of piperazine rings is 1. The largest absolute Gasteiger partial charge is 0.368 e. The Morgan fingerprint density at radius 2 is 1.77 bits per heavy atom. The normalized spacial score (nSPS) is 17.6. The molecule has 1 aliphatic carbocycles. The summed E-state index contributed by atoms with van der Waals surface area (Å²) in [5.74, 6) is 0.0891. The molecule has 0 unspecified atom stereocenters. The van der Waals surface area contributed by atoms with Crippen molar-refractivity contribution < 1.29 is 9.59 Å². The van der Waals surface area contributed by atoms with E-state index in [2.05, 4.69) is 32.7 Å². The zero-order valence-electron chi connectivity index (χ0n) is 17.2. The lowest BCUT2D eigenvalue weighted by Gasteiger charge is -2.36. The van der Waals surface area contributed by atoms with E-state index in [1.54, 1.807) is 0 Å². The number of carbonyl (C=O) groups is 2. The van der Waals surface area contributed by atoms with Gasteiger partial charge in [0.05, 0.1) is 12.1 Å². The molecule has 2 aromatic rings. The van der Waals surface area contributed by atoms with Gasteiger partial charge in [-0.15, -0.1) is 11.3 Å². The van der Waals surface area contributed by atoms with Crippen LogP contribution in [0.2, 0.25) is 0 Å². The Morgan fingerprint density at radius 3 is 2.50 bits per heavy atom. The van der Waals surface area contributed by atoms with Crippen LogP contribution in [0.25, 0.3) is 0 Å². The number of benzene rings is 1. The average molecular weight is 428 g/mol. The number of anilines is 2. The van der Waals surface area contributed by atoms with Crippen LogP contribution in [-0.2, 0) is 11.2 Å². The highest BCUT2D eigenvalue weighted by molar-refractivity contribution is 7.13. The van der Waals surface area contributed by atoms with Crippen molar-refractivity contribution in [1.82, 2.24) is 15.2 Å². The maximum absolute atomic E-state index is 12.7. The summed E-state index contributed by atoms with van der Waals surface area (Å²) in [7, 11) is 0. The van der Waals surface area contributed by atoms with E-state index in [0.29, 0.717) is 23.9 Å². The fourth-order valence-corrected chi connectivity index (χ4v) is 4.84. The molecule has 1 aliphatic heterocycles. The first-order valence-electron chi connectivity index (χ1n) is 10.8. The maximum atomic E-state index is 12.7. The summed E-state index contributed by atoms with van der Waals surface area (Å²) in [6.45, 7) is 3.10. The van der Waals surface area contributed by atoms with E-state index in [4.69, 9.17) is 0 Å². The third-order valence-corrected chi connectivity index (χ3v) is 6.61. The van der Waals surface area contributed by atoms with Gasteiger partial charge in [0, 0.05) is 43.3 Å². The first-order chi connectivity index (χ1) is 14.7. The SMILES string of the molecule is O=C(Nc1nc(CC(=O)N2CCN(c3ccccc3)CC2)cs1)NC1CCCCC1. The second kappa shape index (κ2) is 9.93. The van der Waals surface area contributed by atoms with Crippen LogP contribution < -0.4 is 15.5 Å². The molecule has 1 aromatic carbocycles. The van der Waals surface area contributed by atoms with Crippen LogP contribution in [0, 0.1) is 0 Å². The molecule has 160 valence electrons. The Labute approximate surface area is 181 Å². The van der Waals surface area contributed by atoms with E-state index in [-0.39, 0.29) is 24.4 Å². The van der Waals surface area contributed by atoms with Crippen molar-refractivity contribution in [2.24, 2.45) is 0 Å². The monoisotopic (exact) mass is 427 g/mol. The summed E-state index contributed by atoms with van der Waals surface area (Å²) in [5, 5.41) is 8.23. The Bertz CT molecular complexity index is 842. The van der Waals surface area contributed by atoms with Crippen molar-refractivity contribution in [2.75, 3.05) is 36.4 Å². The molecule has 0 bridgehead atoms. The van der Waals surface area contributed by atoms with Gasteiger partial charge in [-0.1, -0.05) is 37.5 Å². The molecule has 2 N–H and O–H groups in total. The van der Waals surface area contributed by atoms with Crippen LogP contribution in [0.1, 0.15) is 37.8 Å². The van der Waals surface area contributed by atoms with Crippen LogP contribution in [0.4, 0.5) is 15.6 Å². The van der Waals surface area contributed by atoms with Gasteiger partial charge in [-0.3, -0.25) is 10.1 Å². The fourth-order valence-electron chi connectivity index (χ4n) is 4.13. The molecule has 1 saturated carbocycles. The molecule has 0 radical (unpaired) electrons. The van der Waals surface area contributed by atoms with Gasteiger partial charge in [0.25, 0.3) is 0 Å². The number of nitrogens with one attached hydrogen (secondary N) is 2. The smallest absolute Gasteiger partial charge is 0.321 e. The molecule has 2 heterocycles. The number of hydrogen-bond acceptors (Lipinski definition) is 5. The number of aromatic nitrogens is 1. The van der Waals surface area contributed by atoms with Gasteiger partial charge in [0.15, 0.2) is 5.13 Å². The summed E-state index contributed by atoms with van der Waals surface area (Å²) in [6.07, 6.45) is 5.96. The Morgan fingerprint density at radius 1 is 1.03 bits per heavy atom. The van der Waals surface area contributed by atoms with Gasteiger partial charge < -0.3 is 15.1 Å². The molecule has 4 rings (SSSR count). The minimum Gasteiger partial charge on any atom is -0.368 e. The molecule has 1 saturated heterocycles. The van der Waals surface area contributed by atoms with Crippen molar-refractivity contribution in [2.45, 2.75) is 44.6 Å². The maximum Gasteiger partial charge on any atom is 0.321 e. The lowest BCUT2D eigenvalue weighted by Crippen LogP contribution is -2.49. The van der Waals surface area contributed by atoms with Gasteiger partial charge in [-0.25, -0.2) is 9.78 Å². The molecule has 30 heavy (non-hydrogen) atoms. The van der Waals surface area contributed by atoms with Gasteiger partial charge in [-0.2, -0.15) is 0 Å². The molecule has 2 aliphatic rings. The highest BCUT2D eigenvalue weighted by Gasteiger charge is 2.22. The Kier molecular flexibility index (Phi) is 6.84. The number of thiazole rings is 1. The average Bonchev–Trinajstić information content (AvgIpc) is 3.21. The quantitative estimate of drug-likeness (QED) is 0.766. The van der Waals surface area contributed by atoms with Gasteiger partial charge in [-0.05, 0) is 25.0 Å². The highest BCUT2D eigenvalue weighted by Crippen LogP contribution is 2.20. The van der Waals surface area contributed by atoms with Crippen molar-refractivity contribution in [3.05, 3.63) is 41.4 Å². The standard InChI is InChI=1S/C22H29N5O2S/c28-20(27-13-11-26(12-14-27)19-9-5-2-6-10-19)15-18-16-30-22(24-18)25-21(29)23-17-7-3-1-4-8-17/h2,5-6,9-10,16-17H,1,3-4,7-8,11-15H2,(H2,23,24,25,29). The van der Waals surface area contributed by atoms with Crippen LogP contribution >= 0.6 is 11.3 Å². The van der Waals surface area contributed by atoms with E-state index < -0.39 is 0 Å². The molecular weight excluding hydrogens is 398 g/mol. The van der Waals surface area contributed by atoms with Gasteiger partial charge >= 0.3 is 6.03 Å². The molecular formula is C22H29N5O2S. The number of carbonyl (C=O) groups excluding carboxylic acids is 2. The van der Waals surface area contributed by atoms with Gasteiger partial charge in [0.1, 0.15) is 0 Å². The van der Waals surface area contributed by atoms with Crippen molar-refractivity contribution in [3.8, 4) is 0 Å². The summed E-state index contributed by atoms with van der Waals surface area (Å²) in [4.78, 5) is 33.5.